The van der Waals surface area contributed by atoms with Crippen molar-refractivity contribution in [1.29, 1.82) is 0 Å². The smallest absolute Gasteiger partial charge is 0.338 e. The molecule has 0 unspecified atom stereocenters. The summed E-state index contributed by atoms with van der Waals surface area (Å²) in [5, 5.41) is 6.17. The van der Waals surface area contributed by atoms with Crippen molar-refractivity contribution < 1.29 is 14.3 Å². The van der Waals surface area contributed by atoms with Crippen LogP contribution in [0.15, 0.2) is 82.0 Å². The van der Waals surface area contributed by atoms with E-state index in [-0.39, 0.29) is 25.0 Å². The molecule has 0 bridgehead atoms. The number of allylic oxidation sites excluding steroid dienone is 1. The molecule has 8 heteroatoms. The highest BCUT2D eigenvalue weighted by molar-refractivity contribution is 8.16. The Hall–Kier alpha value is -3.03. The molecular weight excluding hydrogens is 482 g/mol. The summed E-state index contributed by atoms with van der Waals surface area (Å²) in [5.74, 6) is -0.538. The third kappa shape index (κ3) is 5.63. The molecule has 35 heavy (non-hydrogen) atoms. The van der Waals surface area contributed by atoms with Crippen LogP contribution in [-0.4, -0.2) is 28.0 Å². The minimum atomic E-state index is -0.558. The summed E-state index contributed by atoms with van der Waals surface area (Å²) in [5.41, 5.74) is 3.40. The zero-order valence-corrected chi connectivity index (χ0v) is 21.5. The van der Waals surface area contributed by atoms with Gasteiger partial charge in [-0.1, -0.05) is 78.8 Å². The van der Waals surface area contributed by atoms with Crippen LogP contribution in [0.4, 0.5) is 0 Å². The van der Waals surface area contributed by atoms with Crippen LogP contribution in [-0.2, 0) is 20.9 Å². The van der Waals surface area contributed by atoms with Crippen molar-refractivity contribution >= 4 is 40.4 Å². The summed E-state index contributed by atoms with van der Waals surface area (Å²) in [6.07, 6.45) is 1.01. The Morgan fingerprint density at radius 2 is 1.89 bits per heavy atom. The lowest BCUT2D eigenvalue weighted by Crippen LogP contribution is -2.39. The molecule has 182 valence electrons. The Morgan fingerprint density at radius 1 is 1.17 bits per heavy atom. The number of carbonyl (C=O) groups excluding carboxylic acids is 2. The van der Waals surface area contributed by atoms with Crippen LogP contribution >= 0.6 is 23.4 Å². The van der Waals surface area contributed by atoms with E-state index in [0.717, 1.165) is 23.2 Å². The van der Waals surface area contributed by atoms with Gasteiger partial charge in [0.15, 0.2) is 5.17 Å². The molecular formula is C27H28ClN3O3S. The molecule has 2 aromatic rings. The van der Waals surface area contributed by atoms with Gasteiger partial charge in [0.25, 0.3) is 0 Å². The van der Waals surface area contributed by atoms with Crippen molar-refractivity contribution in [3.63, 3.8) is 0 Å². The second-order valence-corrected chi connectivity index (χ2v) is 9.77. The molecule has 0 aromatic heterocycles. The molecule has 4 rings (SSSR count). The molecule has 2 heterocycles. The van der Waals surface area contributed by atoms with Gasteiger partial charge in [0.1, 0.15) is 6.61 Å². The van der Waals surface area contributed by atoms with E-state index in [1.165, 1.54) is 11.8 Å². The SMILES string of the molecule is CC[C@@H](C)NC(=O)CC1=CSC2=NC(C)=C(C(=O)OCc3ccccc3)[C@H](c3ccccc3Cl)N12. The number of hydrogen-bond donors (Lipinski definition) is 1. The maximum Gasteiger partial charge on any atom is 0.338 e. The summed E-state index contributed by atoms with van der Waals surface area (Å²) in [6, 6.07) is 16.5. The molecule has 0 fully saturated rings. The number of thioether (sulfide) groups is 1. The molecule has 0 radical (unpaired) electrons. The summed E-state index contributed by atoms with van der Waals surface area (Å²) < 4.78 is 5.72. The highest BCUT2D eigenvalue weighted by Crippen LogP contribution is 2.46. The van der Waals surface area contributed by atoms with Crippen molar-refractivity contribution in [2.75, 3.05) is 0 Å². The third-order valence-corrected chi connectivity index (χ3v) is 7.23. The number of benzene rings is 2. The maximum atomic E-state index is 13.5. The van der Waals surface area contributed by atoms with Crippen LogP contribution in [0, 0.1) is 0 Å². The Morgan fingerprint density at radius 3 is 2.60 bits per heavy atom. The molecule has 2 aliphatic heterocycles. The lowest BCUT2D eigenvalue weighted by atomic mass is 9.93. The van der Waals surface area contributed by atoms with Gasteiger partial charge in [0, 0.05) is 16.8 Å². The van der Waals surface area contributed by atoms with E-state index in [1.807, 2.05) is 79.6 Å². The zero-order chi connectivity index (χ0) is 24.9. The zero-order valence-electron chi connectivity index (χ0n) is 20.0. The maximum absolute atomic E-state index is 13.5. The second-order valence-electron chi connectivity index (χ2n) is 8.53. The van der Waals surface area contributed by atoms with Gasteiger partial charge >= 0.3 is 5.97 Å². The molecule has 1 N–H and O–H groups in total. The van der Waals surface area contributed by atoms with E-state index in [9.17, 15) is 9.59 Å². The van der Waals surface area contributed by atoms with Crippen LogP contribution in [0.2, 0.25) is 5.02 Å². The van der Waals surface area contributed by atoms with Crippen LogP contribution in [0.1, 0.15) is 50.8 Å². The van der Waals surface area contributed by atoms with Crippen LogP contribution in [0.5, 0.6) is 0 Å². The van der Waals surface area contributed by atoms with E-state index >= 15 is 0 Å². The predicted octanol–water partition coefficient (Wildman–Crippen LogP) is 5.96. The summed E-state index contributed by atoms with van der Waals surface area (Å²) in [7, 11) is 0. The first-order chi connectivity index (χ1) is 16.9. The molecule has 2 atom stereocenters. The number of rotatable bonds is 8. The molecule has 6 nitrogen and oxygen atoms in total. The number of nitrogens with zero attached hydrogens (tertiary/aromatic N) is 2. The standard InChI is InChI=1S/C27H28ClN3O3S/c1-4-17(2)29-23(32)14-20-16-35-27-30-18(3)24(26(33)34-15-19-10-6-5-7-11-19)25(31(20)27)21-12-8-9-13-22(21)28/h5-13,16-17,25H,4,14-15H2,1-3H3,(H,29,32)/t17-,25+/m1/s1. The van der Waals surface area contributed by atoms with E-state index in [4.69, 9.17) is 21.3 Å². The average molecular weight is 510 g/mol. The lowest BCUT2D eigenvalue weighted by molar-refractivity contribution is -0.141. The molecule has 2 aromatic carbocycles. The van der Waals surface area contributed by atoms with Gasteiger partial charge in [0.05, 0.1) is 23.7 Å². The van der Waals surface area contributed by atoms with E-state index in [1.54, 1.807) is 6.07 Å². The largest absolute Gasteiger partial charge is 0.457 e. The van der Waals surface area contributed by atoms with E-state index in [2.05, 4.69) is 5.32 Å². The number of nitrogens with one attached hydrogen (secondary N) is 1. The number of fused-ring (bicyclic) bond motifs is 1. The number of aliphatic imine (C=N–C) groups is 1. The van der Waals surface area contributed by atoms with Crippen molar-refractivity contribution in [2.45, 2.75) is 52.3 Å². The Bertz CT molecular complexity index is 1210. The van der Waals surface area contributed by atoms with Gasteiger partial charge < -0.3 is 15.0 Å². The van der Waals surface area contributed by atoms with Gasteiger partial charge in [-0.2, -0.15) is 0 Å². The van der Waals surface area contributed by atoms with Crippen molar-refractivity contribution in [3.05, 3.63) is 93.1 Å². The number of ether oxygens (including phenoxy) is 1. The number of halogens is 1. The number of carbonyl (C=O) groups is 2. The first-order valence-electron chi connectivity index (χ1n) is 11.6. The first-order valence-corrected chi connectivity index (χ1v) is 12.8. The van der Waals surface area contributed by atoms with Crippen molar-refractivity contribution in [3.8, 4) is 0 Å². The topological polar surface area (TPSA) is 71.0 Å². The Balaban J connectivity index is 1.67. The minimum Gasteiger partial charge on any atom is -0.457 e. The van der Waals surface area contributed by atoms with Gasteiger partial charge in [-0.05, 0) is 42.9 Å². The van der Waals surface area contributed by atoms with E-state index in [0.29, 0.717) is 21.5 Å². The molecule has 0 saturated carbocycles. The number of amides is 1. The second kappa shape index (κ2) is 11.1. The fraction of sp³-hybridized carbons (Fsp3) is 0.296. The van der Waals surface area contributed by atoms with Gasteiger partial charge in [0.2, 0.25) is 5.91 Å². The monoisotopic (exact) mass is 509 g/mol. The normalized spacial score (nSPS) is 17.9. The molecule has 0 spiro atoms. The third-order valence-electron chi connectivity index (χ3n) is 5.99. The highest BCUT2D eigenvalue weighted by atomic mass is 35.5. The molecule has 0 aliphatic carbocycles. The highest BCUT2D eigenvalue weighted by Gasteiger charge is 2.41. The Labute approximate surface area is 215 Å². The van der Waals surface area contributed by atoms with Gasteiger partial charge in [-0.25, -0.2) is 9.79 Å². The average Bonchev–Trinajstić information content (AvgIpc) is 3.24. The molecule has 1 amide bonds. The number of amidine groups is 1. The fourth-order valence-corrected chi connectivity index (χ4v) is 5.22. The van der Waals surface area contributed by atoms with E-state index < -0.39 is 12.0 Å². The molecule has 2 aliphatic rings. The van der Waals surface area contributed by atoms with Gasteiger partial charge in [-0.3, -0.25) is 4.79 Å². The molecule has 0 saturated heterocycles. The first kappa shape index (κ1) is 25.1. The van der Waals surface area contributed by atoms with Crippen LogP contribution in [0.25, 0.3) is 0 Å². The van der Waals surface area contributed by atoms with Crippen LogP contribution < -0.4 is 5.32 Å². The number of esters is 1. The summed E-state index contributed by atoms with van der Waals surface area (Å²) in [6.45, 7) is 5.96. The summed E-state index contributed by atoms with van der Waals surface area (Å²) in [4.78, 5) is 32.8. The van der Waals surface area contributed by atoms with Crippen LogP contribution in [0.3, 0.4) is 0 Å². The Kier molecular flexibility index (Phi) is 7.98. The summed E-state index contributed by atoms with van der Waals surface area (Å²) >= 11 is 8.07. The van der Waals surface area contributed by atoms with Crippen molar-refractivity contribution in [1.82, 2.24) is 10.2 Å². The van der Waals surface area contributed by atoms with Crippen molar-refractivity contribution in [2.24, 2.45) is 4.99 Å². The predicted molar refractivity (Wildman–Crippen MR) is 141 cm³/mol. The van der Waals surface area contributed by atoms with Gasteiger partial charge in [-0.15, -0.1) is 0 Å². The lowest BCUT2D eigenvalue weighted by Gasteiger charge is -2.36. The quantitative estimate of drug-likeness (QED) is 0.444. The number of hydrogen-bond acceptors (Lipinski definition) is 6. The minimum absolute atomic E-state index is 0.0789. The fourth-order valence-electron chi connectivity index (χ4n) is 4.02.